The first-order valence-electron chi connectivity index (χ1n) is 10.2. The minimum absolute atomic E-state index is 0.0476. The zero-order valence-corrected chi connectivity index (χ0v) is 19.0. The summed E-state index contributed by atoms with van der Waals surface area (Å²) in [6, 6.07) is 9.99. The topological polar surface area (TPSA) is 111 Å². The number of nitrogens with zero attached hydrogens (tertiary/aromatic N) is 1. The van der Waals surface area contributed by atoms with Crippen LogP contribution in [0.25, 0.3) is 0 Å². The van der Waals surface area contributed by atoms with Crippen LogP contribution in [-0.4, -0.2) is 52.7 Å². The average molecular weight is 463 g/mol. The predicted octanol–water partition coefficient (Wildman–Crippen LogP) is 2.35. The first kappa shape index (κ1) is 23.4. The number of benzene rings is 2. The number of sulfonamides is 1. The highest BCUT2D eigenvalue weighted by Gasteiger charge is 2.29. The third-order valence-corrected chi connectivity index (χ3v) is 6.27. The summed E-state index contributed by atoms with van der Waals surface area (Å²) >= 11 is 0. The van der Waals surface area contributed by atoms with Crippen molar-refractivity contribution in [2.75, 3.05) is 30.7 Å². The molecule has 32 heavy (non-hydrogen) atoms. The Kier molecular flexibility index (Phi) is 7.24. The number of carbonyl (C=O) groups is 2. The number of carbonyl (C=O) groups excluding carboxylic acids is 2. The number of rotatable bonds is 8. The molecule has 9 nitrogen and oxygen atoms in total. The Bertz CT molecular complexity index is 1080. The van der Waals surface area contributed by atoms with Crippen molar-refractivity contribution in [3.63, 3.8) is 0 Å². The molecule has 0 bridgehead atoms. The normalized spacial score (nSPS) is 12.9. The smallest absolute Gasteiger partial charge is 0.338 e. The molecule has 0 spiro atoms. The van der Waals surface area contributed by atoms with Gasteiger partial charge in [0, 0.05) is 12.1 Å². The lowest BCUT2D eigenvalue weighted by Gasteiger charge is -2.26. The van der Waals surface area contributed by atoms with Crippen LogP contribution in [0.15, 0.2) is 47.4 Å². The van der Waals surface area contributed by atoms with E-state index in [0.29, 0.717) is 24.7 Å². The van der Waals surface area contributed by atoms with Crippen LogP contribution in [0.1, 0.15) is 31.1 Å². The van der Waals surface area contributed by atoms with E-state index in [9.17, 15) is 18.0 Å². The van der Waals surface area contributed by atoms with Gasteiger partial charge in [-0.2, -0.15) is 0 Å². The van der Waals surface area contributed by atoms with E-state index in [1.165, 1.54) is 42.5 Å². The van der Waals surface area contributed by atoms with Crippen LogP contribution < -0.4 is 19.1 Å². The molecule has 2 aromatic carbocycles. The summed E-state index contributed by atoms with van der Waals surface area (Å²) in [5.41, 5.74) is 0.505. The summed E-state index contributed by atoms with van der Waals surface area (Å²) in [6.07, 6.45) is 0. The Morgan fingerprint density at radius 3 is 2.34 bits per heavy atom. The molecule has 1 heterocycles. The number of amides is 1. The molecule has 0 saturated heterocycles. The summed E-state index contributed by atoms with van der Waals surface area (Å²) in [7, 11) is -4.14. The highest BCUT2D eigenvalue weighted by atomic mass is 32.2. The van der Waals surface area contributed by atoms with Crippen molar-refractivity contribution in [2.24, 2.45) is 0 Å². The largest absolute Gasteiger partial charge is 0.486 e. The van der Waals surface area contributed by atoms with Gasteiger partial charge in [0.2, 0.25) is 5.91 Å². The summed E-state index contributed by atoms with van der Waals surface area (Å²) in [4.78, 5) is 24.4. The Morgan fingerprint density at radius 2 is 1.72 bits per heavy atom. The maximum absolute atomic E-state index is 13.5. The van der Waals surface area contributed by atoms with E-state index in [0.717, 1.165) is 4.31 Å². The van der Waals surface area contributed by atoms with Gasteiger partial charge in [0.15, 0.2) is 11.5 Å². The van der Waals surface area contributed by atoms with E-state index in [1.807, 2.05) is 0 Å². The van der Waals surface area contributed by atoms with Crippen molar-refractivity contribution in [3.8, 4) is 11.5 Å². The minimum atomic E-state index is -4.14. The van der Waals surface area contributed by atoms with Crippen LogP contribution in [0.5, 0.6) is 11.5 Å². The predicted molar refractivity (Wildman–Crippen MR) is 118 cm³/mol. The summed E-state index contributed by atoms with van der Waals surface area (Å²) in [5.74, 6) is -0.201. The monoisotopic (exact) mass is 462 g/mol. The zero-order chi connectivity index (χ0) is 23.3. The zero-order valence-electron chi connectivity index (χ0n) is 18.2. The maximum Gasteiger partial charge on any atom is 0.338 e. The van der Waals surface area contributed by atoms with E-state index in [-0.39, 0.29) is 28.8 Å². The molecule has 1 amide bonds. The number of anilines is 1. The van der Waals surface area contributed by atoms with E-state index in [1.54, 1.807) is 20.8 Å². The quantitative estimate of drug-likeness (QED) is 0.600. The first-order chi connectivity index (χ1) is 15.2. The van der Waals surface area contributed by atoms with Crippen LogP contribution in [0.3, 0.4) is 0 Å². The molecular weight excluding hydrogens is 436 g/mol. The van der Waals surface area contributed by atoms with Gasteiger partial charge in [-0.1, -0.05) is 0 Å². The number of hydrogen-bond donors (Lipinski definition) is 1. The Hall–Kier alpha value is -3.27. The minimum Gasteiger partial charge on any atom is -0.486 e. The van der Waals surface area contributed by atoms with E-state index < -0.39 is 28.4 Å². The SMILES string of the molecule is CCOC(=O)c1ccc(N(CC(=O)NC(C)C)S(=O)(=O)c2ccc3c(c2)OCCO3)cc1. The van der Waals surface area contributed by atoms with Crippen LogP contribution >= 0.6 is 0 Å². The van der Waals surface area contributed by atoms with Crippen molar-refractivity contribution in [1.29, 1.82) is 0 Å². The summed E-state index contributed by atoms with van der Waals surface area (Å²) in [5, 5.41) is 2.70. The second kappa shape index (κ2) is 9.90. The highest BCUT2D eigenvalue weighted by molar-refractivity contribution is 7.92. The van der Waals surface area contributed by atoms with Gasteiger partial charge in [-0.25, -0.2) is 13.2 Å². The molecule has 3 rings (SSSR count). The van der Waals surface area contributed by atoms with Gasteiger partial charge in [-0.15, -0.1) is 0 Å². The van der Waals surface area contributed by atoms with Crippen molar-refractivity contribution in [1.82, 2.24) is 5.32 Å². The molecule has 10 heteroatoms. The standard InChI is InChI=1S/C22H26N2O7S/c1-4-29-22(26)16-5-7-17(8-6-16)24(14-21(25)23-15(2)3)32(27,28)18-9-10-19-20(13-18)31-12-11-30-19/h5-10,13,15H,4,11-12,14H2,1-3H3,(H,23,25). The number of esters is 1. The molecule has 0 unspecified atom stereocenters. The van der Waals surface area contributed by atoms with Crippen molar-refractivity contribution >= 4 is 27.6 Å². The lowest BCUT2D eigenvalue weighted by molar-refractivity contribution is -0.120. The molecule has 1 aliphatic rings. The van der Waals surface area contributed by atoms with Crippen molar-refractivity contribution in [2.45, 2.75) is 31.7 Å². The van der Waals surface area contributed by atoms with Crippen LogP contribution in [0, 0.1) is 0 Å². The van der Waals surface area contributed by atoms with Crippen LogP contribution in [-0.2, 0) is 19.6 Å². The third kappa shape index (κ3) is 5.31. The lowest BCUT2D eigenvalue weighted by Crippen LogP contribution is -2.43. The second-order valence-electron chi connectivity index (χ2n) is 7.31. The van der Waals surface area contributed by atoms with Gasteiger partial charge in [-0.05, 0) is 57.2 Å². The van der Waals surface area contributed by atoms with Gasteiger partial charge in [0.05, 0.1) is 22.8 Å². The Morgan fingerprint density at radius 1 is 1.06 bits per heavy atom. The van der Waals surface area contributed by atoms with Gasteiger partial charge in [-0.3, -0.25) is 9.10 Å². The molecule has 0 saturated carbocycles. The lowest BCUT2D eigenvalue weighted by atomic mass is 10.2. The molecule has 1 aliphatic heterocycles. The number of fused-ring (bicyclic) bond motifs is 1. The molecule has 172 valence electrons. The number of nitrogens with one attached hydrogen (secondary N) is 1. The van der Waals surface area contributed by atoms with Crippen LogP contribution in [0.4, 0.5) is 5.69 Å². The maximum atomic E-state index is 13.5. The average Bonchev–Trinajstić information content (AvgIpc) is 2.77. The molecule has 0 atom stereocenters. The third-order valence-electron chi connectivity index (χ3n) is 4.50. The fourth-order valence-corrected chi connectivity index (χ4v) is 4.54. The van der Waals surface area contributed by atoms with Crippen molar-refractivity contribution < 1.29 is 32.2 Å². The molecule has 0 aliphatic carbocycles. The van der Waals surface area contributed by atoms with Gasteiger partial charge >= 0.3 is 5.97 Å². The number of ether oxygens (including phenoxy) is 3. The summed E-state index contributed by atoms with van der Waals surface area (Å²) < 4.78 is 44.0. The van der Waals surface area contributed by atoms with Gasteiger partial charge in [0.1, 0.15) is 19.8 Å². The fraction of sp³-hybridized carbons (Fsp3) is 0.364. The van der Waals surface area contributed by atoms with E-state index in [4.69, 9.17) is 14.2 Å². The molecule has 1 N–H and O–H groups in total. The van der Waals surface area contributed by atoms with E-state index in [2.05, 4.69) is 5.32 Å². The molecule has 0 aromatic heterocycles. The second-order valence-corrected chi connectivity index (χ2v) is 9.17. The highest BCUT2D eigenvalue weighted by Crippen LogP contribution is 2.34. The Labute approximate surface area is 187 Å². The number of hydrogen-bond acceptors (Lipinski definition) is 7. The molecular formula is C22H26N2O7S. The Balaban J connectivity index is 1.98. The van der Waals surface area contributed by atoms with Crippen LogP contribution in [0.2, 0.25) is 0 Å². The molecule has 0 fully saturated rings. The molecule has 2 aromatic rings. The summed E-state index contributed by atoms with van der Waals surface area (Å²) in [6.45, 7) is 5.74. The first-order valence-corrected chi connectivity index (χ1v) is 11.7. The van der Waals surface area contributed by atoms with Gasteiger partial charge in [0.25, 0.3) is 10.0 Å². The molecule has 0 radical (unpaired) electrons. The fourth-order valence-electron chi connectivity index (χ4n) is 3.10. The van der Waals surface area contributed by atoms with E-state index >= 15 is 0 Å². The van der Waals surface area contributed by atoms with Crippen molar-refractivity contribution in [3.05, 3.63) is 48.0 Å². The van der Waals surface area contributed by atoms with Gasteiger partial charge < -0.3 is 19.5 Å².